The molecule has 0 saturated carbocycles. The smallest absolute Gasteiger partial charge is 0.292 e. The number of hydrogen-bond donors (Lipinski definition) is 1. The summed E-state index contributed by atoms with van der Waals surface area (Å²) >= 11 is 0. The monoisotopic (exact) mass is 197 g/mol. The maximum absolute atomic E-state index is 11.2. The molecule has 0 radical (unpaired) electrons. The van der Waals surface area contributed by atoms with Gasteiger partial charge in [0.05, 0.1) is 0 Å². The summed E-state index contributed by atoms with van der Waals surface area (Å²) < 4.78 is 1.36. The Balaban J connectivity index is 0.000000791. The molecule has 80 valence electrons. The fourth-order valence-electron chi connectivity index (χ4n) is 1.10. The van der Waals surface area contributed by atoms with Crippen LogP contribution in [0.15, 0.2) is 17.1 Å². The van der Waals surface area contributed by atoms with Crippen molar-refractivity contribution in [3.05, 3.63) is 28.2 Å². The molecular weight excluding hydrogens is 178 g/mol. The first-order chi connectivity index (χ1) is 6.54. The lowest BCUT2D eigenvalue weighted by molar-refractivity contribution is 0.450. The third-order valence-corrected chi connectivity index (χ3v) is 1.90. The highest BCUT2D eigenvalue weighted by Crippen LogP contribution is 2.20. The van der Waals surface area contributed by atoms with Gasteiger partial charge in [-0.3, -0.25) is 4.79 Å². The summed E-state index contributed by atoms with van der Waals surface area (Å²) in [5, 5.41) is 9.42. The SMILES string of the molecule is CC.CC(C)c1ccn(C)c(=O)c1O. The van der Waals surface area contributed by atoms with Crippen LogP contribution >= 0.6 is 0 Å². The summed E-state index contributed by atoms with van der Waals surface area (Å²) in [7, 11) is 1.62. The summed E-state index contributed by atoms with van der Waals surface area (Å²) in [5.74, 6) is 0.0499. The van der Waals surface area contributed by atoms with E-state index < -0.39 is 0 Å². The summed E-state index contributed by atoms with van der Waals surface area (Å²) in [5.41, 5.74) is 0.374. The normalized spacial score (nSPS) is 9.57. The first-order valence-electron chi connectivity index (χ1n) is 4.92. The molecule has 0 aromatic carbocycles. The number of pyridine rings is 1. The molecule has 0 bridgehead atoms. The molecule has 0 aliphatic heterocycles. The Kier molecular flexibility index (Phi) is 4.99. The van der Waals surface area contributed by atoms with E-state index in [9.17, 15) is 9.90 Å². The van der Waals surface area contributed by atoms with E-state index in [1.807, 2.05) is 27.7 Å². The molecule has 1 heterocycles. The first-order valence-corrected chi connectivity index (χ1v) is 4.92. The largest absolute Gasteiger partial charge is 0.503 e. The average molecular weight is 197 g/mol. The third-order valence-electron chi connectivity index (χ3n) is 1.90. The van der Waals surface area contributed by atoms with E-state index in [0.29, 0.717) is 5.56 Å². The highest BCUT2D eigenvalue weighted by molar-refractivity contribution is 5.31. The number of rotatable bonds is 1. The molecule has 0 saturated heterocycles. The molecule has 1 rings (SSSR count). The molecule has 1 aromatic heterocycles. The van der Waals surface area contributed by atoms with Gasteiger partial charge in [0.15, 0.2) is 5.75 Å². The van der Waals surface area contributed by atoms with E-state index in [-0.39, 0.29) is 17.2 Å². The zero-order chi connectivity index (χ0) is 11.3. The Hall–Kier alpha value is -1.25. The second-order valence-electron chi connectivity index (χ2n) is 3.19. The second kappa shape index (κ2) is 5.47. The summed E-state index contributed by atoms with van der Waals surface area (Å²) in [6.07, 6.45) is 1.66. The minimum Gasteiger partial charge on any atom is -0.503 e. The van der Waals surface area contributed by atoms with Crippen LogP contribution in [0.25, 0.3) is 0 Å². The predicted molar refractivity (Wildman–Crippen MR) is 58.8 cm³/mol. The van der Waals surface area contributed by atoms with Gasteiger partial charge in [-0.25, -0.2) is 0 Å². The molecule has 0 aliphatic carbocycles. The topological polar surface area (TPSA) is 42.2 Å². The average Bonchev–Trinajstić information content (AvgIpc) is 2.17. The van der Waals surface area contributed by atoms with Crippen LogP contribution in [-0.4, -0.2) is 9.67 Å². The van der Waals surface area contributed by atoms with Crippen LogP contribution in [0.4, 0.5) is 0 Å². The van der Waals surface area contributed by atoms with Gasteiger partial charge in [-0.15, -0.1) is 0 Å². The van der Waals surface area contributed by atoms with Crippen LogP contribution in [0.3, 0.4) is 0 Å². The zero-order valence-electron chi connectivity index (χ0n) is 9.53. The van der Waals surface area contributed by atoms with Gasteiger partial charge in [-0.2, -0.15) is 0 Å². The van der Waals surface area contributed by atoms with Gasteiger partial charge in [-0.1, -0.05) is 27.7 Å². The Morgan fingerprint density at radius 3 is 2.29 bits per heavy atom. The quantitative estimate of drug-likeness (QED) is 0.750. The van der Waals surface area contributed by atoms with E-state index in [1.54, 1.807) is 19.3 Å². The van der Waals surface area contributed by atoms with Crippen LogP contribution < -0.4 is 5.56 Å². The lowest BCUT2D eigenvalue weighted by atomic mass is 10.0. The van der Waals surface area contributed by atoms with E-state index in [1.165, 1.54) is 4.57 Å². The minimum atomic E-state index is -0.332. The Labute approximate surface area is 85.0 Å². The first kappa shape index (κ1) is 12.8. The number of aromatic hydroxyl groups is 1. The van der Waals surface area contributed by atoms with Gasteiger partial charge in [0, 0.05) is 18.8 Å². The molecule has 0 spiro atoms. The van der Waals surface area contributed by atoms with E-state index in [2.05, 4.69) is 0 Å². The molecule has 3 heteroatoms. The Morgan fingerprint density at radius 1 is 1.36 bits per heavy atom. The van der Waals surface area contributed by atoms with Crippen molar-refractivity contribution in [2.45, 2.75) is 33.6 Å². The summed E-state index contributed by atoms with van der Waals surface area (Å²) in [4.78, 5) is 11.2. The molecule has 14 heavy (non-hydrogen) atoms. The highest BCUT2D eigenvalue weighted by Gasteiger charge is 2.09. The van der Waals surface area contributed by atoms with Crippen LogP contribution in [0.2, 0.25) is 0 Å². The summed E-state index contributed by atoms with van der Waals surface area (Å²) in [6, 6.07) is 1.77. The van der Waals surface area contributed by atoms with E-state index in [0.717, 1.165) is 0 Å². The van der Waals surface area contributed by atoms with Crippen molar-refractivity contribution < 1.29 is 5.11 Å². The lowest BCUT2D eigenvalue weighted by Gasteiger charge is -2.07. The van der Waals surface area contributed by atoms with Crippen LogP contribution in [0.1, 0.15) is 39.2 Å². The van der Waals surface area contributed by atoms with Gasteiger partial charge in [-0.05, 0) is 12.0 Å². The van der Waals surface area contributed by atoms with Gasteiger partial charge >= 0.3 is 0 Å². The van der Waals surface area contributed by atoms with Crippen LogP contribution in [-0.2, 0) is 7.05 Å². The van der Waals surface area contributed by atoms with Crippen molar-refractivity contribution in [1.29, 1.82) is 0 Å². The molecule has 0 amide bonds. The molecule has 1 aromatic rings. The molecule has 3 nitrogen and oxygen atoms in total. The maximum atomic E-state index is 11.2. The van der Waals surface area contributed by atoms with Crippen molar-refractivity contribution in [3.63, 3.8) is 0 Å². The molecule has 0 atom stereocenters. The van der Waals surface area contributed by atoms with Crippen molar-refractivity contribution >= 4 is 0 Å². The molecule has 1 N–H and O–H groups in total. The fraction of sp³-hybridized carbons (Fsp3) is 0.545. The van der Waals surface area contributed by atoms with E-state index in [4.69, 9.17) is 0 Å². The van der Waals surface area contributed by atoms with Crippen molar-refractivity contribution in [3.8, 4) is 5.75 Å². The lowest BCUT2D eigenvalue weighted by Crippen LogP contribution is -2.16. The van der Waals surface area contributed by atoms with E-state index >= 15 is 0 Å². The van der Waals surface area contributed by atoms with Crippen molar-refractivity contribution in [2.24, 2.45) is 7.05 Å². The van der Waals surface area contributed by atoms with Gasteiger partial charge < -0.3 is 9.67 Å². The minimum absolute atomic E-state index is 0.130. The molecule has 0 unspecified atom stereocenters. The second-order valence-corrected chi connectivity index (χ2v) is 3.19. The number of aryl methyl sites for hydroxylation is 1. The number of aromatic nitrogens is 1. The van der Waals surface area contributed by atoms with Crippen LogP contribution in [0, 0.1) is 0 Å². The maximum Gasteiger partial charge on any atom is 0.292 e. The van der Waals surface area contributed by atoms with Crippen molar-refractivity contribution in [1.82, 2.24) is 4.57 Å². The van der Waals surface area contributed by atoms with Gasteiger partial charge in [0.2, 0.25) is 0 Å². The predicted octanol–water partition coefficient (Wildman–Crippen LogP) is 2.24. The number of hydrogen-bond acceptors (Lipinski definition) is 2. The van der Waals surface area contributed by atoms with Crippen LogP contribution in [0.5, 0.6) is 5.75 Å². The van der Waals surface area contributed by atoms with Gasteiger partial charge in [0.1, 0.15) is 0 Å². The summed E-state index contributed by atoms with van der Waals surface area (Å²) in [6.45, 7) is 7.88. The zero-order valence-corrected chi connectivity index (χ0v) is 9.53. The third kappa shape index (κ3) is 2.62. The Bertz CT molecular complexity index is 340. The number of nitrogens with zero attached hydrogens (tertiary/aromatic N) is 1. The molecule has 0 aliphatic rings. The Morgan fingerprint density at radius 2 is 1.86 bits per heavy atom. The molecular formula is C11H19NO2. The highest BCUT2D eigenvalue weighted by atomic mass is 16.3. The molecule has 0 fully saturated rings. The van der Waals surface area contributed by atoms with Gasteiger partial charge in [0.25, 0.3) is 5.56 Å². The fourth-order valence-corrected chi connectivity index (χ4v) is 1.10. The van der Waals surface area contributed by atoms with Crippen molar-refractivity contribution in [2.75, 3.05) is 0 Å². The standard InChI is InChI=1S/C9H13NO2.C2H6/c1-6(2)7-4-5-10(3)9(12)8(7)11;1-2/h4-6,11H,1-3H3;1-2H3.